The average Bonchev–Trinajstić information content (AvgIpc) is 3.00. The Morgan fingerprint density at radius 3 is 2.84 bits per heavy atom. The van der Waals surface area contributed by atoms with E-state index in [4.69, 9.17) is 25.5 Å². The van der Waals surface area contributed by atoms with Crippen LogP contribution in [0.15, 0.2) is 34.9 Å². The summed E-state index contributed by atoms with van der Waals surface area (Å²) in [5, 5.41) is 3.97. The zero-order valence-corrected chi connectivity index (χ0v) is 11.2. The maximum Gasteiger partial charge on any atom is 0.231 e. The first kappa shape index (κ1) is 12.2. The highest BCUT2D eigenvalue weighted by molar-refractivity contribution is 6.33. The molecule has 0 radical (unpaired) electrons. The van der Waals surface area contributed by atoms with Gasteiger partial charge in [0.2, 0.25) is 6.79 Å². The van der Waals surface area contributed by atoms with Crippen LogP contribution in [0.5, 0.6) is 11.5 Å². The maximum absolute atomic E-state index is 6.21. The van der Waals surface area contributed by atoms with E-state index in [0.29, 0.717) is 10.8 Å². The molecule has 0 bridgehead atoms. The van der Waals surface area contributed by atoms with Crippen LogP contribution in [0.3, 0.4) is 0 Å². The Bertz CT molecular complexity index is 568. The van der Waals surface area contributed by atoms with E-state index in [1.807, 2.05) is 18.2 Å². The molecule has 0 saturated heterocycles. The molecule has 5 heteroatoms. The van der Waals surface area contributed by atoms with Crippen molar-refractivity contribution in [2.24, 2.45) is 0 Å². The summed E-state index contributed by atoms with van der Waals surface area (Å²) in [5.41, 5.74) is 0.838. The van der Waals surface area contributed by atoms with Crippen molar-refractivity contribution < 1.29 is 13.9 Å². The molecule has 1 atom stereocenters. The van der Waals surface area contributed by atoms with E-state index in [1.165, 1.54) is 0 Å². The summed E-state index contributed by atoms with van der Waals surface area (Å²) in [6.45, 7) is 2.32. The number of anilines is 1. The number of ether oxygens (including phenoxy) is 2. The first-order chi connectivity index (χ1) is 9.22. The molecular formula is C14H14ClNO3. The summed E-state index contributed by atoms with van der Waals surface area (Å²) >= 11 is 6.21. The largest absolute Gasteiger partial charge is 0.469 e. The Hall–Kier alpha value is -1.81. The first-order valence-electron chi connectivity index (χ1n) is 6.10. The molecule has 1 aliphatic heterocycles. The number of fused-ring (bicyclic) bond motifs is 1. The Morgan fingerprint density at radius 1 is 1.32 bits per heavy atom. The summed E-state index contributed by atoms with van der Waals surface area (Å²) in [4.78, 5) is 0. The van der Waals surface area contributed by atoms with Crippen molar-refractivity contribution in [3.8, 4) is 11.5 Å². The third-order valence-electron chi connectivity index (χ3n) is 2.95. The molecule has 0 aliphatic carbocycles. The highest BCUT2D eigenvalue weighted by Crippen LogP contribution is 2.39. The van der Waals surface area contributed by atoms with Crippen molar-refractivity contribution >= 4 is 17.3 Å². The summed E-state index contributed by atoms with van der Waals surface area (Å²) in [6, 6.07) is 7.67. The number of furan rings is 1. The summed E-state index contributed by atoms with van der Waals surface area (Å²) in [7, 11) is 0. The van der Waals surface area contributed by atoms with Crippen LogP contribution in [0.2, 0.25) is 5.02 Å². The lowest BCUT2D eigenvalue weighted by Gasteiger charge is -2.15. The van der Waals surface area contributed by atoms with E-state index in [2.05, 4.69) is 12.2 Å². The Balaban J connectivity index is 1.72. The fourth-order valence-electron chi connectivity index (χ4n) is 2.07. The highest BCUT2D eigenvalue weighted by atomic mass is 35.5. The quantitative estimate of drug-likeness (QED) is 0.927. The van der Waals surface area contributed by atoms with Gasteiger partial charge in [-0.3, -0.25) is 0 Å². The minimum absolute atomic E-state index is 0.198. The van der Waals surface area contributed by atoms with Crippen LogP contribution in [-0.2, 0) is 6.42 Å². The fourth-order valence-corrected chi connectivity index (χ4v) is 2.28. The van der Waals surface area contributed by atoms with Crippen molar-refractivity contribution in [2.45, 2.75) is 19.4 Å². The third-order valence-corrected chi connectivity index (χ3v) is 3.26. The topological polar surface area (TPSA) is 43.6 Å². The fraction of sp³-hybridized carbons (Fsp3) is 0.286. The van der Waals surface area contributed by atoms with Crippen molar-refractivity contribution in [1.82, 2.24) is 0 Å². The standard InChI is InChI=1S/C14H14ClNO3/c1-9(5-10-3-2-4-17-10)16-12-7-14-13(6-11(12)15)18-8-19-14/h2-4,6-7,9,16H,5,8H2,1H3. The summed E-state index contributed by atoms with van der Waals surface area (Å²) in [6.07, 6.45) is 2.47. The van der Waals surface area contributed by atoms with Crippen molar-refractivity contribution in [3.63, 3.8) is 0 Å². The molecule has 0 spiro atoms. The molecule has 1 unspecified atom stereocenters. The molecule has 1 N–H and O–H groups in total. The van der Waals surface area contributed by atoms with Gasteiger partial charge in [-0.15, -0.1) is 0 Å². The van der Waals surface area contributed by atoms with Gasteiger partial charge in [-0.2, -0.15) is 0 Å². The van der Waals surface area contributed by atoms with E-state index in [-0.39, 0.29) is 12.8 Å². The molecule has 4 nitrogen and oxygen atoms in total. The lowest BCUT2D eigenvalue weighted by molar-refractivity contribution is 0.174. The van der Waals surface area contributed by atoms with E-state index in [0.717, 1.165) is 23.6 Å². The van der Waals surface area contributed by atoms with E-state index in [1.54, 1.807) is 12.3 Å². The van der Waals surface area contributed by atoms with Crippen LogP contribution in [0.1, 0.15) is 12.7 Å². The molecular weight excluding hydrogens is 266 g/mol. The van der Waals surface area contributed by atoms with Crippen LogP contribution in [0, 0.1) is 0 Å². The smallest absolute Gasteiger partial charge is 0.231 e. The summed E-state index contributed by atoms with van der Waals surface area (Å²) < 4.78 is 15.9. The SMILES string of the molecule is CC(Cc1ccco1)Nc1cc2c(cc1Cl)OCO2. The second kappa shape index (κ2) is 5.05. The Morgan fingerprint density at radius 2 is 2.11 bits per heavy atom. The van der Waals surface area contributed by atoms with Crippen LogP contribution >= 0.6 is 11.6 Å². The molecule has 19 heavy (non-hydrogen) atoms. The van der Waals surface area contributed by atoms with Crippen molar-refractivity contribution in [1.29, 1.82) is 0 Å². The molecule has 2 heterocycles. The van der Waals surface area contributed by atoms with E-state index in [9.17, 15) is 0 Å². The number of benzene rings is 1. The maximum atomic E-state index is 6.21. The zero-order valence-electron chi connectivity index (χ0n) is 10.5. The molecule has 3 rings (SSSR count). The van der Waals surface area contributed by atoms with Gasteiger partial charge in [-0.05, 0) is 19.1 Å². The van der Waals surface area contributed by atoms with E-state index >= 15 is 0 Å². The molecule has 2 aromatic rings. The van der Waals surface area contributed by atoms with Gasteiger partial charge in [0.15, 0.2) is 11.5 Å². The van der Waals surface area contributed by atoms with Gasteiger partial charge >= 0.3 is 0 Å². The minimum atomic E-state index is 0.198. The number of nitrogens with one attached hydrogen (secondary N) is 1. The normalized spacial score (nSPS) is 14.4. The van der Waals surface area contributed by atoms with Gasteiger partial charge in [-0.25, -0.2) is 0 Å². The average molecular weight is 280 g/mol. The van der Waals surface area contributed by atoms with Crippen LogP contribution in [-0.4, -0.2) is 12.8 Å². The van der Waals surface area contributed by atoms with Crippen molar-refractivity contribution in [2.75, 3.05) is 12.1 Å². The molecule has 0 fully saturated rings. The number of hydrogen-bond donors (Lipinski definition) is 1. The monoisotopic (exact) mass is 279 g/mol. The second-order valence-corrected chi connectivity index (χ2v) is 4.92. The molecule has 0 amide bonds. The second-order valence-electron chi connectivity index (χ2n) is 4.51. The number of halogens is 1. The van der Waals surface area contributed by atoms with Crippen molar-refractivity contribution in [3.05, 3.63) is 41.3 Å². The van der Waals surface area contributed by atoms with E-state index < -0.39 is 0 Å². The van der Waals surface area contributed by atoms with Crippen LogP contribution < -0.4 is 14.8 Å². The highest BCUT2D eigenvalue weighted by Gasteiger charge is 2.17. The Kier molecular flexibility index (Phi) is 3.25. The Labute approximate surface area is 116 Å². The lowest BCUT2D eigenvalue weighted by Crippen LogP contribution is -2.17. The molecule has 1 aromatic carbocycles. The number of hydrogen-bond acceptors (Lipinski definition) is 4. The predicted octanol–water partition coefficient (Wildman–Crippen LogP) is 3.70. The van der Waals surface area contributed by atoms with Gasteiger partial charge < -0.3 is 19.2 Å². The van der Waals surface area contributed by atoms with Gasteiger partial charge in [0, 0.05) is 24.6 Å². The molecule has 1 aliphatic rings. The first-order valence-corrected chi connectivity index (χ1v) is 6.48. The van der Waals surface area contributed by atoms with Gasteiger partial charge in [0.1, 0.15) is 5.76 Å². The van der Waals surface area contributed by atoms with Gasteiger partial charge in [0.25, 0.3) is 0 Å². The molecule has 100 valence electrons. The predicted molar refractivity (Wildman–Crippen MR) is 73.1 cm³/mol. The third kappa shape index (κ3) is 2.63. The lowest BCUT2D eigenvalue weighted by atomic mass is 10.2. The zero-order chi connectivity index (χ0) is 13.2. The summed E-state index contributed by atoms with van der Waals surface area (Å²) in [5.74, 6) is 2.35. The number of rotatable bonds is 4. The molecule has 0 saturated carbocycles. The van der Waals surface area contributed by atoms with Crippen LogP contribution in [0.4, 0.5) is 5.69 Å². The van der Waals surface area contributed by atoms with Gasteiger partial charge in [0.05, 0.1) is 17.0 Å². The minimum Gasteiger partial charge on any atom is -0.469 e. The van der Waals surface area contributed by atoms with Crippen LogP contribution in [0.25, 0.3) is 0 Å². The van der Waals surface area contributed by atoms with Gasteiger partial charge in [-0.1, -0.05) is 11.6 Å². The molecule has 1 aromatic heterocycles.